The maximum atomic E-state index is 9.01. The van der Waals surface area contributed by atoms with E-state index in [1.54, 1.807) is 6.92 Å². The predicted octanol–water partition coefficient (Wildman–Crippen LogP) is 1.94. The van der Waals surface area contributed by atoms with Crippen molar-refractivity contribution in [1.29, 1.82) is 5.26 Å². The molecule has 2 aromatic rings. The van der Waals surface area contributed by atoms with Gasteiger partial charge < -0.3 is 5.32 Å². The topological polar surface area (TPSA) is 61.6 Å². The zero-order valence-corrected chi connectivity index (χ0v) is 9.36. The number of hydrogen-bond donors (Lipinski definition) is 1. The van der Waals surface area contributed by atoms with Gasteiger partial charge in [-0.25, -0.2) is 0 Å². The fourth-order valence-corrected chi connectivity index (χ4v) is 1.53. The van der Waals surface area contributed by atoms with Gasteiger partial charge in [0.25, 0.3) is 0 Å². The van der Waals surface area contributed by atoms with Gasteiger partial charge in [-0.05, 0) is 13.0 Å². The van der Waals surface area contributed by atoms with Crippen molar-refractivity contribution in [3.8, 4) is 17.9 Å². The van der Waals surface area contributed by atoms with Crippen LogP contribution in [-0.2, 0) is 0 Å². The highest BCUT2D eigenvalue weighted by Gasteiger charge is 2.08. The summed E-state index contributed by atoms with van der Waals surface area (Å²) in [4.78, 5) is 0. The molecule has 0 amide bonds. The van der Waals surface area contributed by atoms with Crippen molar-refractivity contribution in [1.82, 2.24) is 10.2 Å². The molecular formula is C13H10N4. The lowest BCUT2D eigenvalue weighted by Gasteiger charge is -2.07. The van der Waals surface area contributed by atoms with E-state index in [2.05, 4.69) is 27.4 Å². The number of benzene rings is 1. The molecule has 0 saturated carbocycles. The summed E-state index contributed by atoms with van der Waals surface area (Å²) in [5.74, 6) is 5.69. The highest BCUT2D eigenvalue weighted by atomic mass is 15.1. The molecule has 0 atom stereocenters. The minimum absolute atomic E-state index is 0.293. The van der Waals surface area contributed by atoms with E-state index in [-0.39, 0.29) is 0 Å². The van der Waals surface area contributed by atoms with Crippen LogP contribution in [0.5, 0.6) is 0 Å². The van der Waals surface area contributed by atoms with Crippen molar-refractivity contribution in [2.75, 3.05) is 11.9 Å². The summed E-state index contributed by atoms with van der Waals surface area (Å²) in [5.41, 5.74) is 1.75. The number of aromatic nitrogens is 2. The summed E-state index contributed by atoms with van der Waals surface area (Å²) in [6.07, 6.45) is 0. The van der Waals surface area contributed by atoms with Crippen LogP contribution in [0.15, 0.2) is 24.3 Å². The summed E-state index contributed by atoms with van der Waals surface area (Å²) < 4.78 is 0. The average Bonchev–Trinajstić information content (AvgIpc) is 2.39. The van der Waals surface area contributed by atoms with Gasteiger partial charge in [0.15, 0.2) is 5.69 Å². The number of nitriles is 1. The lowest BCUT2D eigenvalue weighted by molar-refractivity contribution is 1.05. The summed E-state index contributed by atoms with van der Waals surface area (Å²) in [6, 6.07) is 9.59. The van der Waals surface area contributed by atoms with Crippen LogP contribution in [0.2, 0.25) is 0 Å². The number of anilines is 1. The van der Waals surface area contributed by atoms with E-state index >= 15 is 0 Å². The first-order valence-corrected chi connectivity index (χ1v) is 5.16. The fourth-order valence-electron chi connectivity index (χ4n) is 1.53. The number of fused-ring (bicyclic) bond motifs is 1. The molecule has 82 valence electrons. The second kappa shape index (κ2) is 4.96. The molecule has 1 aromatic heterocycles. The van der Waals surface area contributed by atoms with Gasteiger partial charge in [0.1, 0.15) is 6.07 Å². The third-order valence-corrected chi connectivity index (χ3v) is 2.30. The van der Waals surface area contributed by atoms with E-state index in [1.165, 1.54) is 0 Å². The summed E-state index contributed by atoms with van der Waals surface area (Å²) >= 11 is 0. The van der Waals surface area contributed by atoms with Crippen LogP contribution in [0.25, 0.3) is 10.9 Å². The molecule has 0 aliphatic carbocycles. The van der Waals surface area contributed by atoms with Crippen LogP contribution in [0.4, 0.5) is 5.69 Å². The van der Waals surface area contributed by atoms with E-state index < -0.39 is 0 Å². The Labute approximate surface area is 99.3 Å². The van der Waals surface area contributed by atoms with Crippen molar-refractivity contribution >= 4 is 16.6 Å². The van der Waals surface area contributed by atoms with Crippen molar-refractivity contribution in [2.45, 2.75) is 6.92 Å². The minimum Gasteiger partial charge on any atom is -0.371 e. The Hall–Kier alpha value is -2.59. The molecule has 17 heavy (non-hydrogen) atoms. The molecule has 4 nitrogen and oxygen atoms in total. The molecule has 0 bridgehead atoms. The van der Waals surface area contributed by atoms with Gasteiger partial charge in [0, 0.05) is 5.39 Å². The molecule has 1 aromatic carbocycles. The first-order valence-electron chi connectivity index (χ1n) is 5.16. The van der Waals surface area contributed by atoms with Crippen molar-refractivity contribution < 1.29 is 0 Å². The fraction of sp³-hybridized carbons (Fsp3) is 0.154. The van der Waals surface area contributed by atoms with Crippen LogP contribution in [-0.4, -0.2) is 16.7 Å². The average molecular weight is 222 g/mol. The van der Waals surface area contributed by atoms with E-state index in [4.69, 9.17) is 5.26 Å². The van der Waals surface area contributed by atoms with Crippen LogP contribution in [0, 0.1) is 23.2 Å². The number of rotatable bonds is 2. The molecular weight excluding hydrogens is 212 g/mol. The molecule has 0 aliphatic heterocycles. The summed E-state index contributed by atoms with van der Waals surface area (Å²) in [7, 11) is 0. The molecule has 0 saturated heterocycles. The zero-order chi connectivity index (χ0) is 12.1. The van der Waals surface area contributed by atoms with Crippen LogP contribution in [0.1, 0.15) is 12.6 Å². The van der Waals surface area contributed by atoms with Gasteiger partial charge in [-0.1, -0.05) is 24.1 Å². The van der Waals surface area contributed by atoms with Gasteiger partial charge in [0.2, 0.25) is 0 Å². The van der Waals surface area contributed by atoms with Crippen LogP contribution >= 0.6 is 0 Å². The second-order valence-corrected chi connectivity index (χ2v) is 3.33. The SMILES string of the molecule is CC#CCNc1c(C#N)nnc2ccccc12. The van der Waals surface area contributed by atoms with Gasteiger partial charge in [0.05, 0.1) is 17.7 Å². The zero-order valence-electron chi connectivity index (χ0n) is 9.36. The number of hydrogen-bond acceptors (Lipinski definition) is 4. The lowest BCUT2D eigenvalue weighted by atomic mass is 10.1. The van der Waals surface area contributed by atoms with E-state index in [9.17, 15) is 0 Å². The van der Waals surface area contributed by atoms with E-state index in [1.807, 2.05) is 30.3 Å². The van der Waals surface area contributed by atoms with E-state index in [0.717, 1.165) is 10.9 Å². The van der Waals surface area contributed by atoms with Crippen LogP contribution in [0.3, 0.4) is 0 Å². The summed E-state index contributed by atoms with van der Waals surface area (Å²) in [5, 5.41) is 20.9. The van der Waals surface area contributed by atoms with Gasteiger partial charge in [-0.15, -0.1) is 16.1 Å². The Kier molecular flexibility index (Phi) is 3.18. The normalized spacial score (nSPS) is 9.18. The first kappa shape index (κ1) is 10.9. The number of nitrogens with zero attached hydrogens (tertiary/aromatic N) is 3. The largest absolute Gasteiger partial charge is 0.371 e. The van der Waals surface area contributed by atoms with Crippen LogP contribution < -0.4 is 5.32 Å². The lowest BCUT2D eigenvalue weighted by Crippen LogP contribution is -2.04. The quantitative estimate of drug-likeness (QED) is 0.789. The molecule has 0 fully saturated rings. The maximum Gasteiger partial charge on any atom is 0.186 e. The molecule has 1 N–H and O–H groups in total. The molecule has 0 aliphatic rings. The van der Waals surface area contributed by atoms with Crippen molar-refractivity contribution in [3.05, 3.63) is 30.0 Å². The first-order chi connectivity index (χ1) is 8.36. The molecule has 0 spiro atoms. The predicted molar refractivity (Wildman–Crippen MR) is 66.2 cm³/mol. The standard InChI is InChI=1S/C13H10N4/c1-2-3-8-15-13-10-6-4-5-7-11(10)16-17-12(13)9-14/h4-7H,8H2,1H3,(H,15,16). The molecule has 0 unspecified atom stereocenters. The third kappa shape index (κ3) is 2.16. The monoisotopic (exact) mass is 222 g/mol. The number of nitrogens with one attached hydrogen (secondary N) is 1. The van der Waals surface area contributed by atoms with E-state index in [0.29, 0.717) is 17.9 Å². The summed E-state index contributed by atoms with van der Waals surface area (Å²) in [6.45, 7) is 2.26. The Bertz CT molecular complexity index is 644. The third-order valence-electron chi connectivity index (χ3n) is 2.30. The Morgan fingerprint density at radius 3 is 2.88 bits per heavy atom. The Morgan fingerprint density at radius 1 is 1.29 bits per heavy atom. The maximum absolute atomic E-state index is 9.01. The smallest absolute Gasteiger partial charge is 0.186 e. The molecule has 4 heteroatoms. The van der Waals surface area contributed by atoms with Gasteiger partial charge in [-0.2, -0.15) is 5.26 Å². The van der Waals surface area contributed by atoms with Gasteiger partial charge >= 0.3 is 0 Å². The minimum atomic E-state index is 0.293. The Morgan fingerprint density at radius 2 is 2.12 bits per heavy atom. The second-order valence-electron chi connectivity index (χ2n) is 3.33. The highest BCUT2D eigenvalue weighted by Crippen LogP contribution is 2.23. The molecule has 0 radical (unpaired) electrons. The van der Waals surface area contributed by atoms with Crippen molar-refractivity contribution in [2.24, 2.45) is 0 Å². The highest BCUT2D eigenvalue weighted by molar-refractivity contribution is 5.92. The van der Waals surface area contributed by atoms with Crippen molar-refractivity contribution in [3.63, 3.8) is 0 Å². The molecule has 2 rings (SSSR count). The molecule has 1 heterocycles. The Balaban J connectivity index is 2.54. The van der Waals surface area contributed by atoms with Gasteiger partial charge in [-0.3, -0.25) is 0 Å².